The molecule has 5 heteroatoms. The second kappa shape index (κ2) is 5.23. The van der Waals surface area contributed by atoms with Crippen LogP contribution in [0.5, 0.6) is 5.75 Å². The van der Waals surface area contributed by atoms with Crippen molar-refractivity contribution in [1.29, 1.82) is 0 Å². The Hall–Kier alpha value is -1.20. The van der Waals surface area contributed by atoms with Crippen molar-refractivity contribution in [1.82, 2.24) is 5.32 Å². The van der Waals surface area contributed by atoms with Gasteiger partial charge < -0.3 is 14.8 Å². The van der Waals surface area contributed by atoms with Gasteiger partial charge in [-0.15, -0.1) is 0 Å². The maximum atomic E-state index is 12.0. The van der Waals surface area contributed by atoms with Crippen molar-refractivity contribution in [3.8, 4) is 5.75 Å². The van der Waals surface area contributed by atoms with Gasteiger partial charge in [-0.05, 0) is 17.7 Å². The predicted molar refractivity (Wildman–Crippen MR) is 54.6 cm³/mol. The molecule has 2 rings (SSSR count). The van der Waals surface area contributed by atoms with E-state index >= 15 is 0 Å². The molecule has 1 fully saturated rings. The van der Waals surface area contributed by atoms with E-state index in [0.717, 1.165) is 12.1 Å². The third-order valence-corrected chi connectivity index (χ3v) is 2.41. The summed E-state index contributed by atoms with van der Waals surface area (Å²) >= 11 is 0. The van der Waals surface area contributed by atoms with Gasteiger partial charge in [-0.1, -0.05) is 12.1 Å². The molecular weight excluding hydrogens is 216 g/mol. The summed E-state index contributed by atoms with van der Waals surface area (Å²) in [5.41, 5.74) is 0.901. The highest BCUT2D eigenvalue weighted by molar-refractivity contribution is 5.30. The summed E-state index contributed by atoms with van der Waals surface area (Å²) in [7, 11) is 0. The Labute approximate surface area is 92.4 Å². The zero-order valence-electron chi connectivity index (χ0n) is 8.66. The molecule has 16 heavy (non-hydrogen) atoms. The predicted octanol–water partition coefficient (Wildman–Crippen LogP) is 1.95. The maximum Gasteiger partial charge on any atom is 0.387 e. The molecule has 1 aliphatic heterocycles. The van der Waals surface area contributed by atoms with Crippen LogP contribution in [0.4, 0.5) is 8.78 Å². The zero-order valence-corrected chi connectivity index (χ0v) is 8.66. The number of morpholine rings is 1. The molecule has 0 spiro atoms. The second-order valence-electron chi connectivity index (χ2n) is 3.53. The second-order valence-corrected chi connectivity index (χ2v) is 3.53. The van der Waals surface area contributed by atoms with Gasteiger partial charge in [0.1, 0.15) is 5.75 Å². The Morgan fingerprint density at radius 3 is 3.00 bits per heavy atom. The first-order valence-electron chi connectivity index (χ1n) is 5.11. The lowest BCUT2D eigenvalue weighted by molar-refractivity contribution is -0.0499. The van der Waals surface area contributed by atoms with Crippen LogP contribution in [0.3, 0.4) is 0 Å². The lowest BCUT2D eigenvalue weighted by Gasteiger charge is -2.24. The van der Waals surface area contributed by atoms with Crippen LogP contribution >= 0.6 is 0 Å². The average Bonchev–Trinajstić information content (AvgIpc) is 2.30. The molecule has 3 nitrogen and oxygen atoms in total. The number of nitrogens with one attached hydrogen (secondary N) is 1. The Balaban J connectivity index is 2.08. The van der Waals surface area contributed by atoms with E-state index in [9.17, 15) is 8.78 Å². The first kappa shape index (κ1) is 11.3. The Kier molecular flexibility index (Phi) is 3.69. The van der Waals surface area contributed by atoms with E-state index in [2.05, 4.69) is 10.1 Å². The number of alkyl halides is 2. The van der Waals surface area contributed by atoms with Crippen LogP contribution in [-0.4, -0.2) is 26.4 Å². The molecule has 0 aromatic heterocycles. The van der Waals surface area contributed by atoms with E-state index < -0.39 is 6.61 Å². The van der Waals surface area contributed by atoms with Crippen LogP contribution < -0.4 is 10.1 Å². The van der Waals surface area contributed by atoms with Crippen LogP contribution in [0.2, 0.25) is 0 Å². The Morgan fingerprint density at radius 1 is 1.44 bits per heavy atom. The molecule has 0 radical (unpaired) electrons. The summed E-state index contributed by atoms with van der Waals surface area (Å²) < 4.78 is 33.7. The normalized spacial score (nSPS) is 21.1. The summed E-state index contributed by atoms with van der Waals surface area (Å²) in [5, 5.41) is 3.25. The quantitative estimate of drug-likeness (QED) is 0.859. The van der Waals surface area contributed by atoms with E-state index in [1.807, 2.05) is 6.07 Å². The lowest BCUT2D eigenvalue weighted by Crippen LogP contribution is -2.34. The van der Waals surface area contributed by atoms with Gasteiger partial charge >= 0.3 is 6.61 Å². The molecule has 88 valence electrons. The van der Waals surface area contributed by atoms with E-state index in [1.54, 1.807) is 12.1 Å². The number of halogens is 2. The lowest BCUT2D eigenvalue weighted by atomic mass is 10.1. The molecule has 1 aromatic rings. The van der Waals surface area contributed by atoms with Gasteiger partial charge in [0.05, 0.1) is 19.3 Å². The number of ether oxygens (including phenoxy) is 2. The highest BCUT2D eigenvalue weighted by atomic mass is 19.3. The summed E-state index contributed by atoms with van der Waals surface area (Å²) in [6.07, 6.45) is 0. The number of hydrogen-bond acceptors (Lipinski definition) is 3. The van der Waals surface area contributed by atoms with E-state index in [4.69, 9.17) is 4.74 Å². The third kappa shape index (κ3) is 2.90. The van der Waals surface area contributed by atoms with Crippen molar-refractivity contribution in [3.63, 3.8) is 0 Å². The maximum absolute atomic E-state index is 12.0. The molecule has 1 aromatic carbocycles. The van der Waals surface area contributed by atoms with Crippen molar-refractivity contribution in [2.24, 2.45) is 0 Å². The first-order valence-corrected chi connectivity index (χ1v) is 5.11. The molecule has 0 aliphatic carbocycles. The molecule has 0 saturated carbocycles. The molecule has 0 amide bonds. The minimum atomic E-state index is -2.79. The number of benzene rings is 1. The standard InChI is InChI=1S/C11H13F2NO2/c12-11(13)16-9-3-1-2-8(6-9)10-7-15-5-4-14-10/h1-3,6,10-11,14H,4-5,7H2/t10-/m1/s1. The average molecular weight is 229 g/mol. The van der Waals surface area contributed by atoms with Crippen molar-refractivity contribution in [3.05, 3.63) is 29.8 Å². The summed E-state index contributed by atoms with van der Waals surface area (Å²) in [5.74, 6) is 0.180. The molecule has 1 aliphatic rings. The van der Waals surface area contributed by atoms with E-state index in [-0.39, 0.29) is 11.8 Å². The third-order valence-electron chi connectivity index (χ3n) is 2.41. The number of hydrogen-bond donors (Lipinski definition) is 1. The number of rotatable bonds is 3. The van der Waals surface area contributed by atoms with Gasteiger partial charge in [0.2, 0.25) is 0 Å². The summed E-state index contributed by atoms with van der Waals surface area (Å²) in [6, 6.07) is 6.74. The van der Waals surface area contributed by atoms with Gasteiger partial charge in [0.15, 0.2) is 0 Å². The van der Waals surface area contributed by atoms with Crippen molar-refractivity contribution >= 4 is 0 Å². The monoisotopic (exact) mass is 229 g/mol. The van der Waals surface area contributed by atoms with Gasteiger partial charge in [-0.3, -0.25) is 0 Å². The molecule has 1 N–H and O–H groups in total. The minimum Gasteiger partial charge on any atom is -0.435 e. The minimum absolute atomic E-state index is 0.0509. The topological polar surface area (TPSA) is 30.5 Å². The fourth-order valence-electron chi connectivity index (χ4n) is 1.69. The molecule has 1 heterocycles. The van der Waals surface area contributed by atoms with E-state index in [1.165, 1.54) is 6.07 Å². The van der Waals surface area contributed by atoms with Gasteiger partial charge in [0, 0.05) is 6.54 Å². The highest BCUT2D eigenvalue weighted by Gasteiger charge is 2.16. The molecular formula is C11H13F2NO2. The molecule has 0 bridgehead atoms. The van der Waals surface area contributed by atoms with Crippen LogP contribution in [0.25, 0.3) is 0 Å². The van der Waals surface area contributed by atoms with Crippen LogP contribution in [0.1, 0.15) is 11.6 Å². The summed E-state index contributed by atoms with van der Waals surface area (Å²) in [6.45, 7) is -0.780. The fraction of sp³-hybridized carbons (Fsp3) is 0.455. The van der Waals surface area contributed by atoms with Crippen molar-refractivity contribution in [2.75, 3.05) is 19.8 Å². The first-order chi connectivity index (χ1) is 7.75. The largest absolute Gasteiger partial charge is 0.435 e. The van der Waals surface area contributed by atoms with Crippen molar-refractivity contribution < 1.29 is 18.3 Å². The van der Waals surface area contributed by atoms with Gasteiger partial charge in [-0.25, -0.2) is 0 Å². The molecule has 0 unspecified atom stereocenters. The summed E-state index contributed by atoms with van der Waals surface area (Å²) in [4.78, 5) is 0. The Bertz CT molecular complexity index is 341. The molecule has 1 saturated heterocycles. The fourth-order valence-corrected chi connectivity index (χ4v) is 1.69. The SMILES string of the molecule is FC(F)Oc1cccc([C@H]2COCCN2)c1. The van der Waals surface area contributed by atoms with Gasteiger partial charge in [-0.2, -0.15) is 8.78 Å². The van der Waals surface area contributed by atoms with Crippen LogP contribution in [0.15, 0.2) is 24.3 Å². The molecule has 1 atom stereocenters. The zero-order chi connectivity index (χ0) is 11.4. The highest BCUT2D eigenvalue weighted by Crippen LogP contribution is 2.22. The van der Waals surface area contributed by atoms with Gasteiger partial charge in [0.25, 0.3) is 0 Å². The smallest absolute Gasteiger partial charge is 0.387 e. The van der Waals surface area contributed by atoms with Crippen LogP contribution in [-0.2, 0) is 4.74 Å². The van der Waals surface area contributed by atoms with Crippen molar-refractivity contribution in [2.45, 2.75) is 12.7 Å². The van der Waals surface area contributed by atoms with Crippen LogP contribution in [0, 0.1) is 0 Å². The van der Waals surface area contributed by atoms with E-state index in [0.29, 0.717) is 13.2 Å². The Morgan fingerprint density at radius 2 is 2.31 bits per heavy atom.